The zero-order valence-electron chi connectivity index (χ0n) is 12.5. The quantitative estimate of drug-likeness (QED) is 0.679. The van der Waals surface area contributed by atoms with Crippen LogP contribution in [0.25, 0.3) is 11.3 Å². The average Bonchev–Trinajstić information content (AvgIpc) is 3.02. The Balaban J connectivity index is 1.68. The average molecular weight is 311 g/mol. The molecule has 23 heavy (non-hydrogen) atoms. The maximum atomic E-state index is 13.7. The van der Waals surface area contributed by atoms with Crippen LogP contribution in [0.15, 0.2) is 59.1 Å². The summed E-state index contributed by atoms with van der Waals surface area (Å²) in [6, 6.07) is 14.9. The molecule has 0 bridgehead atoms. The summed E-state index contributed by atoms with van der Waals surface area (Å²) in [6.45, 7) is 1.86. The number of carbonyl (C=O) groups excluding carboxylic acids is 1. The molecule has 116 valence electrons. The van der Waals surface area contributed by atoms with Gasteiger partial charge < -0.3 is 9.26 Å². The van der Waals surface area contributed by atoms with Crippen LogP contribution in [0.4, 0.5) is 4.39 Å². The Bertz CT molecular complexity index is 842. The van der Waals surface area contributed by atoms with Crippen LogP contribution in [0.2, 0.25) is 0 Å². The standard InChI is InChI=1S/C18H14FNO3/c1-12-5-4-6-13(9-12)18(21)22-11-14-10-17(23-20-14)15-7-2-3-8-16(15)19/h2-10H,11H2,1H3. The minimum Gasteiger partial charge on any atom is -0.455 e. The van der Waals surface area contributed by atoms with E-state index in [9.17, 15) is 9.18 Å². The Morgan fingerprint density at radius 1 is 1.17 bits per heavy atom. The molecule has 0 amide bonds. The summed E-state index contributed by atoms with van der Waals surface area (Å²) in [5.41, 5.74) is 2.19. The predicted molar refractivity (Wildman–Crippen MR) is 82.2 cm³/mol. The molecule has 4 nitrogen and oxygen atoms in total. The van der Waals surface area contributed by atoms with Gasteiger partial charge in [0, 0.05) is 6.07 Å². The van der Waals surface area contributed by atoms with Gasteiger partial charge in [0.1, 0.15) is 18.1 Å². The number of rotatable bonds is 4. The van der Waals surface area contributed by atoms with Gasteiger partial charge in [-0.05, 0) is 31.2 Å². The highest BCUT2D eigenvalue weighted by Gasteiger charge is 2.13. The zero-order valence-corrected chi connectivity index (χ0v) is 12.5. The highest BCUT2D eigenvalue weighted by Crippen LogP contribution is 2.23. The Morgan fingerprint density at radius 2 is 2.00 bits per heavy atom. The third-order valence-corrected chi connectivity index (χ3v) is 3.30. The fraction of sp³-hybridized carbons (Fsp3) is 0.111. The molecule has 0 aliphatic carbocycles. The maximum absolute atomic E-state index is 13.7. The second-order valence-electron chi connectivity index (χ2n) is 5.11. The number of esters is 1. The molecule has 0 radical (unpaired) electrons. The lowest BCUT2D eigenvalue weighted by molar-refractivity contribution is 0.0464. The van der Waals surface area contributed by atoms with Crippen LogP contribution in [0.1, 0.15) is 21.6 Å². The van der Waals surface area contributed by atoms with E-state index in [4.69, 9.17) is 9.26 Å². The monoisotopic (exact) mass is 311 g/mol. The topological polar surface area (TPSA) is 52.3 Å². The summed E-state index contributed by atoms with van der Waals surface area (Å²) in [6.07, 6.45) is 0. The number of nitrogens with zero attached hydrogens (tertiary/aromatic N) is 1. The lowest BCUT2D eigenvalue weighted by Crippen LogP contribution is -2.05. The van der Waals surface area contributed by atoms with E-state index in [2.05, 4.69) is 5.16 Å². The number of aryl methyl sites for hydroxylation is 1. The van der Waals surface area contributed by atoms with Crippen molar-refractivity contribution in [3.8, 4) is 11.3 Å². The first kappa shape index (κ1) is 15.0. The van der Waals surface area contributed by atoms with E-state index in [-0.39, 0.29) is 6.61 Å². The first-order valence-corrected chi connectivity index (χ1v) is 7.08. The fourth-order valence-electron chi connectivity index (χ4n) is 2.16. The van der Waals surface area contributed by atoms with Crippen molar-refractivity contribution >= 4 is 5.97 Å². The molecule has 0 N–H and O–H groups in total. The number of ether oxygens (including phenoxy) is 1. The van der Waals surface area contributed by atoms with E-state index in [0.717, 1.165) is 5.56 Å². The highest BCUT2D eigenvalue weighted by atomic mass is 19.1. The summed E-state index contributed by atoms with van der Waals surface area (Å²) in [4.78, 5) is 12.0. The van der Waals surface area contributed by atoms with E-state index in [1.54, 1.807) is 42.5 Å². The molecule has 2 aromatic carbocycles. The van der Waals surface area contributed by atoms with Gasteiger partial charge in [-0.2, -0.15) is 0 Å². The first-order chi connectivity index (χ1) is 11.1. The molecule has 0 saturated carbocycles. The Morgan fingerprint density at radius 3 is 2.78 bits per heavy atom. The van der Waals surface area contributed by atoms with E-state index < -0.39 is 11.8 Å². The van der Waals surface area contributed by atoms with Crippen molar-refractivity contribution in [2.45, 2.75) is 13.5 Å². The van der Waals surface area contributed by atoms with Gasteiger partial charge in [0.15, 0.2) is 5.76 Å². The molecular formula is C18H14FNO3. The molecule has 3 rings (SSSR count). The molecular weight excluding hydrogens is 297 g/mol. The van der Waals surface area contributed by atoms with Crippen LogP contribution in [0.3, 0.4) is 0 Å². The molecule has 0 spiro atoms. The van der Waals surface area contributed by atoms with Gasteiger partial charge in [-0.15, -0.1) is 0 Å². The third kappa shape index (κ3) is 3.45. The number of hydrogen-bond donors (Lipinski definition) is 0. The van der Waals surface area contributed by atoms with Gasteiger partial charge in [0.25, 0.3) is 0 Å². The number of aromatic nitrogens is 1. The van der Waals surface area contributed by atoms with Crippen LogP contribution in [0, 0.1) is 12.7 Å². The summed E-state index contributed by atoms with van der Waals surface area (Å²) >= 11 is 0. The number of halogens is 1. The van der Waals surface area contributed by atoms with E-state index in [1.807, 2.05) is 13.0 Å². The second kappa shape index (κ2) is 6.44. The molecule has 3 aromatic rings. The van der Waals surface area contributed by atoms with Crippen LogP contribution in [-0.2, 0) is 11.3 Å². The zero-order chi connectivity index (χ0) is 16.2. The predicted octanol–water partition coefficient (Wildman–Crippen LogP) is 4.15. The van der Waals surface area contributed by atoms with Gasteiger partial charge in [-0.25, -0.2) is 9.18 Å². The smallest absolute Gasteiger partial charge is 0.338 e. The van der Waals surface area contributed by atoms with Crippen LogP contribution in [-0.4, -0.2) is 11.1 Å². The summed E-state index contributed by atoms with van der Waals surface area (Å²) in [5, 5.41) is 3.80. The van der Waals surface area contributed by atoms with Gasteiger partial charge in [0.05, 0.1) is 11.1 Å². The van der Waals surface area contributed by atoms with Gasteiger partial charge in [0.2, 0.25) is 0 Å². The van der Waals surface area contributed by atoms with E-state index in [0.29, 0.717) is 22.6 Å². The minimum atomic E-state index is -0.441. The van der Waals surface area contributed by atoms with Crippen molar-refractivity contribution < 1.29 is 18.4 Å². The molecule has 1 heterocycles. The van der Waals surface area contributed by atoms with Gasteiger partial charge in [-0.3, -0.25) is 0 Å². The van der Waals surface area contributed by atoms with E-state index in [1.165, 1.54) is 6.07 Å². The number of carbonyl (C=O) groups is 1. The summed E-state index contributed by atoms with van der Waals surface area (Å²) < 4.78 is 24.0. The third-order valence-electron chi connectivity index (χ3n) is 3.30. The lowest BCUT2D eigenvalue weighted by atomic mass is 10.1. The van der Waals surface area contributed by atoms with Gasteiger partial charge in [-0.1, -0.05) is 35.0 Å². The normalized spacial score (nSPS) is 10.5. The Hall–Kier alpha value is -2.95. The van der Waals surface area contributed by atoms with Gasteiger partial charge >= 0.3 is 5.97 Å². The summed E-state index contributed by atoms with van der Waals surface area (Å²) in [7, 11) is 0. The SMILES string of the molecule is Cc1cccc(C(=O)OCc2cc(-c3ccccc3F)on2)c1. The lowest BCUT2D eigenvalue weighted by Gasteiger charge is -2.03. The highest BCUT2D eigenvalue weighted by molar-refractivity contribution is 5.89. The van der Waals surface area contributed by atoms with Crippen molar-refractivity contribution in [2.24, 2.45) is 0 Å². The molecule has 0 unspecified atom stereocenters. The molecule has 0 fully saturated rings. The Kier molecular flexibility index (Phi) is 4.19. The molecule has 5 heteroatoms. The largest absolute Gasteiger partial charge is 0.455 e. The van der Waals surface area contributed by atoms with E-state index >= 15 is 0 Å². The number of hydrogen-bond acceptors (Lipinski definition) is 4. The molecule has 1 aromatic heterocycles. The Labute approximate surface area is 132 Å². The first-order valence-electron chi connectivity index (χ1n) is 7.08. The van der Waals surface area contributed by atoms with Crippen LogP contribution in [0.5, 0.6) is 0 Å². The summed E-state index contributed by atoms with van der Waals surface area (Å²) in [5.74, 6) is -0.541. The molecule has 0 atom stereocenters. The van der Waals surface area contributed by atoms with Crippen molar-refractivity contribution in [2.75, 3.05) is 0 Å². The minimum absolute atomic E-state index is 0.0370. The maximum Gasteiger partial charge on any atom is 0.338 e. The number of benzene rings is 2. The molecule has 0 aliphatic rings. The van der Waals surface area contributed by atoms with Crippen molar-refractivity contribution in [3.05, 3.63) is 77.2 Å². The van der Waals surface area contributed by atoms with Crippen molar-refractivity contribution in [1.82, 2.24) is 5.16 Å². The second-order valence-corrected chi connectivity index (χ2v) is 5.11. The fourth-order valence-corrected chi connectivity index (χ4v) is 2.16. The van der Waals surface area contributed by atoms with Crippen molar-refractivity contribution in [1.29, 1.82) is 0 Å². The molecule has 0 aliphatic heterocycles. The van der Waals surface area contributed by atoms with Crippen LogP contribution >= 0.6 is 0 Å². The van der Waals surface area contributed by atoms with Crippen molar-refractivity contribution in [3.63, 3.8) is 0 Å². The molecule has 0 saturated heterocycles. The van der Waals surface area contributed by atoms with Crippen LogP contribution < -0.4 is 0 Å².